The summed E-state index contributed by atoms with van der Waals surface area (Å²) >= 11 is 6.04. The van der Waals surface area contributed by atoms with Crippen molar-refractivity contribution < 1.29 is 9.18 Å². The molecular weight excluding hydrogens is 417 g/mol. The van der Waals surface area contributed by atoms with Gasteiger partial charge in [-0.2, -0.15) is 0 Å². The number of carbonyl (C=O) groups is 1. The molecule has 160 valence electrons. The Balaban J connectivity index is 1.69. The van der Waals surface area contributed by atoms with Gasteiger partial charge in [-0.25, -0.2) is 14.4 Å². The van der Waals surface area contributed by atoms with E-state index in [1.165, 1.54) is 24.4 Å². The van der Waals surface area contributed by atoms with Crippen LogP contribution in [0.4, 0.5) is 15.9 Å². The first kappa shape index (κ1) is 21.2. The van der Waals surface area contributed by atoms with Crippen molar-refractivity contribution in [2.45, 2.75) is 32.6 Å². The first-order chi connectivity index (χ1) is 14.9. The topological polar surface area (TPSA) is 79.8 Å². The van der Waals surface area contributed by atoms with Gasteiger partial charge in [0.1, 0.15) is 11.6 Å². The minimum atomic E-state index is -0.461. The van der Waals surface area contributed by atoms with Crippen LogP contribution >= 0.6 is 11.6 Å². The zero-order valence-corrected chi connectivity index (χ0v) is 18.1. The number of hydrogen-bond donors (Lipinski definition) is 2. The zero-order chi connectivity index (χ0) is 22.0. The van der Waals surface area contributed by atoms with E-state index in [0.29, 0.717) is 34.6 Å². The molecule has 0 saturated heterocycles. The first-order valence-electron chi connectivity index (χ1n) is 10.2. The second-order valence-corrected chi connectivity index (χ2v) is 8.41. The lowest BCUT2D eigenvalue weighted by Crippen LogP contribution is -2.26. The van der Waals surface area contributed by atoms with Crippen molar-refractivity contribution in [3.63, 3.8) is 0 Å². The molecule has 1 aliphatic rings. The third-order valence-corrected chi connectivity index (χ3v) is 5.41. The van der Waals surface area contributed by atoms with E-state index in [9.17, 15) is 9.18 Å². The molecule has 0 bridgehead atoms. The molecule has 0 unspecified atom stereocenters. The van der Waals surface area contributed by atoms with Crippen molar-refractivity contribution in [3.8, 4) is 11.4 Å². The van der Waals surface area contributed by atoms with Gasteiger partial charge < -0.3 is 10.6 Å². The molecular formula is C23H23ClFN5O. The fourth-order valence-corrected chi connectivity index (χ4v) is 3.35. The van der Waals surface area contributed by atoms with E-state index < -0.39 is 5.82 Å². The highest BCUT2D eigenvalue weighted by molar-refractivity contribution is 6.30. The Kier molecular flexibility index (Phi) is 6.13. The Morgan fingerprint density at radius 2 is 2.06 bits per heavy atom. The Labute approximate surface area is 185 Å². The van der Waals surface area contributed by atoms with Gasteiger partial charge in [-0.15, -0.1) is 0 Å². The first-order valence-corrected chi connectivity index (χ1v) is 10.6. The van der Waals surface area contributed by atoms with Gasteiger partial charge in [-0.1, -0.05) is 25.4 Å². The van der Waals surface area contributed by atoms with Crippen LogP contribution in [0.3, 0.4) is 0 Å². The van der Waals surface area contributed by atoms with Crippen LogP contribution in [0.2, 0.25) is 5.02 Å². The van der Waals surface area contributed by atoms with Gasteiger partial charge in [0.25, 0.3) is 5.91 Å². The van der Waals surface area contributed by atoms with E-state index in [2.05, 4.69) is 25.6 Å². The van der Waals surface area contributed by atoms with Crippen LogP contribution in [0, 0.1) is 11.7 Å². The number of benzene rings is 1. The summed E-state index contributed by atoms with van der Waals surface area (Å²) < 4.78 is 14.4. The molecule has 0 spiro atoms. The van der Waals surface area contributed by atoms with Crippen molar-refractivity contribution in [1.29, 1.82) is 0 Å². The average molecular weight is 440 g/mol. The third-order valence-electron chi connectivity index (χ3n) is 5.18. The summed E-state index contributed by atoms with van der Waals surface area (Å²) in [6.45, 7) is 4.69. The maximum absolute atomic E-state index is 14.4. The second kappa shape index (κ2) is 8.98. The molecule has 6 nitrogen and oxygen atoms in total. The minimum Gasteiger partial charge on any atom is -0.352 e. The summed E-state index contributed by atoms with van der Waals surface area (Å²) in [6, 6.07) is 5.98. The number of carbonyl (C=O) groups excluding carboxylic acids is 1. The average Bonchev–Trinajstić information content (AvgIpc) is 3.58. The SMILES string of the molecule is CC(C)c1cnc(-c2cc(Cl)ccc2F)nc1Nc1ccncc1C(=O)NCC1CC1. The third kappa shape index (κ3) is 4.99. The molecule has 0 aliphatic heterocycles. The zero-order valence-electron chi connectivity index (χ0n) is 17.3. The molecule has 0 radical (unpaired) electrons. The maximum Gasteiger partial charge on any atom is 0.254 e. The number of hydrogen-bond acceptors (Lipinski definition) is 5. The lowest BCUT2D eigenvalue weighted by atomic mass is 10.1. The highest BCUT2D eigenvalue weighted by Crippen LogP contribution is 2.31. The molecule has 2 N–H and O–H groups in total. The van der Waals surface area contributed by atoms with Gasteiger partial charge in [0.05, 0.1) is 16.8 Å². The van der Waals surface area contributed by atoms with Gasteiger partial charge >= 0.3 is 0 Å². The summed E-state index contributed by atoms with van der Waals surface area (Å²) in [4.78, 5) is 25.7. The molecule has 31 heavy (non-hydrogen) atoms. The van der Waals surface area contributed by atoms with Gasteiger partial charge in [0.2, 0.25) is 0 Å². The Hall–Kier alpha value is -3.06. The number of anilines is 2. The van der Waals surface area contributed by atoms with Crippen molar-refractivity contribution in [2.75, 3.05) is 11.9 Å². The number of amides is 1. The summed E-state index contributed by atoms with van der Waals surface area (Å²) in [6.07, 6.45) is 7.11. The van der Waals surface area contributed by atoms with Gasteiger partial charge in [-0.3, -0.25) is 9.78 Å². The molecule has 1 fully saturated rings. The second-order valence-electron chi connectivity index (χ2n) is 7.98. The minimum absolute atomic E-state index is 0.106. The number of rotatable bonds is 7. The summed E-state index contributed by atoms with van der Waals surface area (Å²) in [5.74, 6) is 0.735. The standard InChI is InChI=1S/C23H23ClFN5O/c1-13(2)17-12-27-21(16-9-15(24)5-6-19(16)25)30-22(17)29-20-7-8-26-11-18(20)23(31)28-10-14-3-4-14/h5-9,11-14H,3-4,10H2,1-2H3,(H,28,31)(H,26,27,29,30). The van der Waals surface area contributed by atoms with Crippen LogP contribution in [-0.4, -0.2) is 27.4 Å². The lowest BCUT2D eigenvalue weighted by Gasteiger charge is -2.16. The Morgan fingerprint density at radius 3 is 2.81 bits per heavy atom. The Morgan fingerprint density at radius 1 is 1.26 bits per heavy atom. The Bertz CT molecular complexity index is 1120. The van der Waals surface area contributed by atoms with Crippen LogP contribution in [0.15, 0.2) is 42.9 Å². The van der Waals surface area contributed by atoms with E-state index >= 15 is 0 Å². The molecule has 4 rings (SSSR count). The molecule has 1 aromatic carbocycles. The van der Waals surface area contributed by atoms with Gasteiger partial charge in [0, 0.05) is 35.7 Å². The van der Waals surface area contributed by atoms with E-state index in [4.69, 9.17) is 11.6 Å². The van der Waals surface area contributed by atoms with Crippen LogP contribution < -0.4 is 10.6 Å². The fraction of sp³-hybridized carbons (Fsp3) is 0.304. The van der Waals surface area contributed by atoms with Crippen molar-refractivity contribution >= 4 is 29.0 Å². The van der Waals surface area contributed by atoms with Crippen LogP contribution in [0.5, 0.6) is 0 Å². The van der Waals surface area contributed by atoms with Crippen molar-refractivity contribution in [3.05, 3.63) is 64.8 Å². The van der Waals surface area contributed by atoms with Gasteiger partial charge in [0.15, 0.2) is 5.82 Å². The van der Waals surface area contributed by atoms with Gasteiger partial charge in [-0.05, 0) is 48.9 Å². The molecule has 1 aliphatic carbocycles. The van der Waals surface area contributed by atoms with E-state index in [1.807, 2.05) is 13.8 Å². The summed E-state index contributed by atoms with van der Waals surface area (Å²) in [5.41, 5.74) is 2.05. The molecule has 0 atom stereocenters. The predicted octanol–water partition coefficient (Wildman–Crippen LogP) is 5.34. The number of pyridine rings is 1. The molecule has 1 saturated carbocycles. The van der Waals surface area contributed by atoms with Crippen LogP contribution in [0.1, 0.15) is 48.5 Å². The molecule has 1 amide bonds. The largest absolute Gasteiger partial charge is 0.352 e. The number of nitrogens with one attached hydrogen (secondary N) is 2. The fourth-order valence-electron chi connectivity index (χ4n) is 3.18. The smallest absolute Gasteiger partial charge is 0.254 e. The highest BCUT2D eigenvalue weighted by Gasteiger charge is 2.23. The number of nitrogens with zero attached hydrogens (tertiary/aromatic N) is 3. The summed E-state index contributed by atoms with van der Waals surface area (Å²) in [7, 11) is 0. The highest BCUT2D eigenvalue weighted by atomic mass is 35.5. The molecule has 3 aromatic rings. The quantitative estimate of drug-likeness (QED) is 0.519. The van der Waals surface area contributed by atoms with E-state index in [0.717, 1.165) is 18.4 Å². The maximum atomic E-state index is 14.4. The summed E-state index contributed by atoms with van der Waals surface area (Å²) in [5, 5.41) is 6.60. The number of halogens is 2. The number of aromatic nitrogens is 3. The van der Waals surface area contributed by atoms with Crippen molar-refractivity contribution in [2.24, 2.45) is 5.92 Å². The van der Waals surface area contributed by atoms with Crippen LogP contribution in [0.25, 0.3) is 11.4 Å². The molecule has 2 heterocycles. The molecule has 2 aromatic heterocycles. The van der Waals surface area contributed by atoms with E-state index in [-0.39, 0.29) is 23.2 Å². The predicted molar refractivity (Wildman–Crippen MR) is 119 cm³/mol. The molecule has 8 heteroatoms. The van der Waals surface area contributed by atoms with Crippen molar-refractivity contribution in [1.82, 2.24) is 20.3 Å². The normalized spacial score (nSPS) is 13.3. The van der Waals surface area contributed by atoms with Crippen LogP contribution in [-0.2, 0) is 0 Å². The monoisotopic (exact) mass is 439 g/mol. The van der Waals surface area contributed by atoms with E-state index in [1.54, 1.807) is 18.5 Å². The lowest BCUT2D eigenvalue weighted by molar-refractivity contribution is 0.0952.